The molecule has 1 unspecified atom stereocenters. The molecule has 0 spiro atoms. The lowest BCUT2D eigenvalue weighted by atomic mass is 10.1. The van der Waals surface area contributed by atoms with Crippen molar-refractivity contribution >= 4 is 37.8 Å². The van der Waals surface area contributed by atoms with Crippen LogP contribution in [0.25, 0.3) is 0 Å². The van der Waals surface area contributed by atoms with Crippen LogP contribution in [0, 0.1) is 0 Å². The molecule has 0 aliphatic carbocycles. The molecule has 2 amide bonds. The molecule has 3 rings (SSSR count). The average Bonchev–Trinajstić information content (AvgIpc) is 2.93. The first-order valence-corrected chi connectivity index (χ1v) is 15.5. The number of carbonyl (C=O) groups is 2. The summed E-state index contributed by atoms with van der Waals surface area (Å²) in [5.41, 5.74) is 2.85. The predicted octanol–water partition coefficient (Wildman–Crippen LogP) is 2.54. The third kappa shape index (κ3) is 11.5. The maximum absolute atomic E-state index is 12.4. The summed E-state index contributed by atoms with van der Waals surface area (Å²) >= 11 is 3.31. The van der Waals surface area contributed by atoms with Gasteiger partial charge >= 0.3 is 0 Å². The molecule has 1 aromatic carbocycles. The highest BCUT2D eigenvalue weighted by Gasteiger charge is 2.18. The van der Waals surface area contributed by atoms with Gasteiger partial charge in [-0.25, -0.2) is 13.6 Å². The standard InChI is InChI=1S/C28H35BrN6O4S/c29-26(19-27(36)33-17-13-22-9-11-25(12-10-22)40(30,38)39)28(37)34-16-5-6-18-35(20-23-7-1-3-14-31-23)21-24-8-2-4-15-32-24/h1-4,7-12,14-15,26H,5-6,13,16-21H2,(H,33,36)(H,34,37)(H2,30,38,39). The zero-order valence-corrected chi connectivity index (χ0v) is 24.6. The number of nitrogens with one attached hydrogen (secondary N) is 2. The number of pyridine rings is 2. The highest BCUT2D eigenvalue weighted by atomic mass is 79.9. The third-order valence-electron chi connectivity index (χ3n) is 6.06. The van der Waals surface area contributed by atoms with E-state index in [-0.39, 0.29) is 23.1 Å². The van der Waals surface area contributed by atoms with Crippen LogP contribution in [0.4, 0.5) is 0 Å². The van der Waals surface area contributed by atoms with Gasteiger partial charge in [0.05, 0.1) is 16.3 Å². The Morgan fingerprint density at radius 3 is 2.05 bits per heavy atom. The number of hydrogen-bond acceptors (Lipinski definition) is 7. The van der Waals surface area contributed by atoms with Crippen molar-refractivity contribution in [2.24, 2.45) is 5.14 Å². The first kappa shape index (κ1) is 31.3. The Kier molecular flexibility index (Phi) is 12.7. The van der Waals surface area contributed by atoms with Crippen molar-refractivity contribution in [3.8, 4) is 0 Å². The fourth-order valence-corrected chi connectivity index (χ4v) is 4.93. The number of nitrogens with two attached hydrogens (primary N) is 1. The molecular weight excluding hydrogens is 596 g/mol. The Balaban J connectivity index is 1.33. The summed E-state index contributed by atoms with van der Waals surface area (Å²) in [7, 11) is -3.73. The molecule has 3 aromatic rings. The fraction of sp³-hybridized carbons (Fsp3) is 0.357. The van der Waals surface area contributed by atoms with Crippen LogP contribution < -0.4 is 15.8 Å². The molecule has 1 atom stereocenters. The second kappa shape index (κ2) is 16.2. The summed E-state index contributed by atoms with van der Waals surface area (Å²) in [6.45, 7) is 3.13. The van der Waals surface area contributed by atoms with Crippen molar-refractivity contribution in [1.29, 1.82) is 0 Å². The van der Waals surface area contributed by atoms with E-state index in [2.05, 4.69) is 41.4 Å². The first-order chi connectivity index (χ1) is 19.2. The molecule has 40 heavy (non-hydrogen) atoms. The van der Waals surface area contributed by atoms with Gasteiger partial charge in [0.1, 0.15) is 4.83 Å². The molecule has 10 nitrogen and oxygen atoms in total. The van der Waals surface area contributed by atoms with E-state index in [1.165, 1.54) is 12.1 Å². The molecule has 2 heterocycles. The minimum atomic E-state index is -3.73. The average molecular weight is 632 g/mol. The van der Waals surface area contributed by atoms with E-state index >= 15 is 0 Å². The zero-order chi connectivity index (χ0) is 28.8. The summed E-state index contributed by atoms with van der Waals surface area (Å²) in [6.07, 6.45) is 5.79. The molecule has 12 heteroatoms. The normalized spacial score (nSPS) is 12.2. The van der Waals surface area contributed by atoms with E-state index in [1.54, 1.807) is 24.5 Å². The highest BCUT2D eigenvalue weighted by Crippen LogP contribution is 2.11. The van der Waals surface area contributed by atoms with Crippen LogP contribution in [0.3, 0.4) is 0 Å². The number of amides is 2. The Hall–Kier alpha value is -3.19. The molecular formula is C28H35BrN6O4S. The molecule has 0 saturated heterocycles. The number of halogens is 1. The number of primary sulfonamides is 1. The van der Waals surface area contributed by atoms with Gasteiger partial charge in [0.15, 0.2) is 0 Å². The third-order valence-corrected chi connectivity index (χ3v) is 7.73. The van der Waals surface area contributed by atoms with Crippen LogP contribution in [0.5, 0.6) is 0 Å². The Morgan fingerprint density at radius 2 is 1.50 bits per heavy atom. The highest BCUT2D eigenvalue weighted by molar-refractivity contribution is 9.10. The number of rotatable bonds is 16. The van der Waals surface area contributed by atoms with Gasteiger partial charge in [-0.2, -0.15) is 0 Å². The number of nitrogens with zero attached hydrogens (tertiary/aromatic N) is 3. The van der Waals surface area contributed by atoms with Gasteiger partial charge in [0, 0.05) is 45.0 Å². The lowest BCUT2D eigenvalue weighted by Gasteiger charge is -2.21. The van der Waals surface area contributed by atoms with Crippen molar-refractivity contribution < 1.29 is 18.0 Å². The summed E-state index contributed by atoms with van der Waals surface area (Å²) in [6, 6.07) is 17.9. The number of carbonyl (C=O) groups excluding carboxylic acids is 2. The van der Waals surface area contributed by atoms with Crippen molar-refractivity contribution in [2.45, 2.75) is 48.5 Å². The van der Waals surface area contributed by atoms with Gasteiger partial charge < -0.3 is 10.6 Å². The number of aromatic nitrogens is 2. The molecule has 0 aliphatic heterocycles. The fourth-order valence-electron chi connectivity index (χ4n) is 3.96. The van der Waals surface area contributed by atoms with Crippen LogP contribution in [0.1, 0.15) is 36.2 Å². The summed E-state index contributed by atoms with van der Waals surface area (Å²) in [4.78, 5) is 35.3. The molecule has 0 radical (unpaired) electrons. The topological polar surface area (TPSA) is 147 Å². The number of unbranched alkanes of at least 4 members (excludes halogenated alkanes) is 1. The lowest BCUT2D eigenvalue weighted by molar-refractivity contribution is -0.125. The van der Waals surface area contributed by atoms with Gasteiger partial charge in [0.25, 0.3) is 0 Å². The van der Waals surface area contributed by atoms with Crippen LogP contribution in [-0.2, 0) is 39.1 Å². The second-order valence-corrected chi connectivity index (χ2v) is 12.0. The van der Waals surface area contributed by atoms with Gasteiger partial charge in [0.2, 0.25) is 21.8 Å². The number of benzene rings is 1. The minimum absolute atomic E-state index is 0.0120. The van der Waals surface area contributed by atoms with Crippen molar-refractivity contribution in [3.05, 3.63) is 90.0 Å². The molecule has 4 N–H and O–H groups in total. The zero-order valence-electron chi connectivity index (χ0n) is 22.2. The van der Waals surface area contributed by atoms with E-state index in [4.69, 9.17) is 5.14 Å². The SMILES string of the molecule is NS(=O)(=O)c1ccc(CCNC(=O)CC(Br)C(=O)NCCCCN(Cc2ccccn2)Cc2ccccn2)cc1. The summed E-state index contributed by atoms with van der Waals surface area (Å²) in [5, 5.41) is 10.8. The van der Waals surface area contributed by atoms with Crippen LogP contribution in [0.2, 0.25) is 0 Å². The van der Waals surface area contributed by atoms with Crippen molar-refractivity contribution in [1.82, 2.24) is 25.5 Å². The van der Waals surface area contributed by atoms with Gasteiger partial charge in [-0.15, -0.1) is 0 Å². The van der Waals surface area contributed by atoms with E-state index in [1.807, 2.05) is 36.4 Å². The van der Waals surface area contributed by atoms with Gasteiger partial charge in [-0.3, -0.25) is 24.5 Å². The van der Waals surface area contributed by atoms with Crippen molar-refractivity contribution in [2.75, 3.05) is 19.6 Å². The smallest absolute Gasteiger partial charge is 0.238 e. The van der Waals surface area contributed by atoms with Crippen LogP contribution in [-0.4, -0.2) is 59.6 Å². The molecule has 0 bridgehead atoms. The quantitative estimate of drug-likeness (QED) is 0.163. The Morgan fingerprint density at radius 1 is 0.875 bits per heavy atom. The Labute approximate surface area is 244 Å². The van der Waals surface area contributed by atoms with Gasteiger partial charge in [-0.1, -0.05) is 40.2 Å². The van der Waals surface area contributed by atoms with Crippen LogP contribution >= 0.6 is 15.9 Å². The van der Waals surface area contributed by atoms with Crippen molar-refractivity contribution in [3.63, 3.8) is 0 Å². The molecule has 0 aliphatic rings. The van der Waals surface area contributed by atoms with Crippen LogP contribution in [0.15, 0.2) is 78.0 Å². The minimum Gasteiger partial charge on any atom is -0.356 e. The van der Waals surface area contributed by atoms with Gasteiger partial charge in [-0.05, 0) is 67.8 Å². The van der Waals surface area contributed by atoms with E-state index in [0.29, 0.717) is 32.6 Å². The summed E-state index contributed by atoms with van der Waals surface area (Å²) < 4.78 is 22.7. The van der Waals surface area contributed by atoms with E-state index in [9.17, 15) is 18.0 Å². The summed E-state index contributed by atoms with van der Waals surface area (Å²) in [5.74, 6) is -0.481. The number of sulfonamides is 1. The molecule has 2 aromatic heterocycles. The largest absolute Gasteiger partial charge is 0.356 e. The second-order valence-electron chi connectivity index (χ2n) is 9.31. The molecule has 0 saturated carbocycles. The lowest BCUT2D eigenvalue weighted by Crippen LogP contribution is -2.36. The molecule has 214 valence electrons. The van der Waals surface area contributed by atoms with E-state index in [0.717, 1.165) is 36.3 Å². The number of alkyl halides is 1. The number of hydrogen-bond donors (Lipinski definition) is 3. The maximum atomic E-state index is 12.4. The monoisotopic (exact) mass is 630 g/mol. The predicted molar refractivity (Wildman–Crippen MR) is 157 cm³/mol. The first-order valence-electron chi connectivity index (χ1n) is 13.0. The Bertz CT molecular complexity index is 1270. The molecule has 0 fully saturated rings. The maximum Gasteiger partial charge on any atom is 0.238 e. The van der Waals surface area contributed by atoms with E-state index < -0.39 is 14.9 Å².